The monoisotopic (exact) mass is 344 g/mol. The summed E-state index contributed by atoms with van der Waals surface area (Å²) < 4.78 is 0. The number of carbonyl (C=O) groups is 2. The first-order valence-electron chi connectivity index (χ1n) is 9.24. The molecule has 6 heteroatoms. The fourth-order valence-electron chi connectivity index (χ4n) is 3.93. The summed E-state index contributed by atoms with van der Waals surface area (Å²) in [5, 5.41) is 0. The smallest absolute Gasteiger partial charge is 0.225 e. The minimum absolute atomic E-state index is 0.0471. The molecule has 136 valence electrons. The van der Waals surface area contributed by atoms with E-state index in [1.807, 2.05) is 41.2 Å². The molecule has 2 aliphatic rings. The van der Waals surface area contributed by atoms with Crippen LogP contribution in [0.3, 0.4) is 0 Å². The van der Waals surface area contributed by atoms with Crippen LogP contribution in [0.1, 0.15) is 32.6 Å². The van der Waals surface area contributed by atoms with Crippen LogP contribution >= 0.6 is 0 Å². The van der Waals surface area contributed by atoms with E-state index in [1.54, 1.807) is 6.92 Å². The summed E-state index contributed by atoms with van der Waals surface area (Å²) in [5.74, 6) is 1.38. The SMILES string of the molecule is CC(=O)N1CCC(C(=O)N(C)[C@@H]2CCCN(c3ccccn3)C2)CC1. The number of likely N-dealkylation sites (tertiary alicyclic amines) is 1. The number of nitrogens with zero attached hydrogens (tertiary/aromatic N) is 4. The molecule has 0 spiro atoms. The molecule has 3 rings (SSSR count). The predicted molar refractivity (Wildman–Crippen MR) is 97.2 cm³/mol. The van der Waals surface area contributed by atoms with E-state index in [4.69, 9.17) is 0 Å². The Morgan fingerprint density at radius 1 is 1.16 bits per heavy atom. The Kier molecular flexibility index (Phi) is 5.56. The van der Waals surface area contributed by atoms with Gasteiger partial charge in [-0.25, -0.2) is 4.98 Å². The van der Waals surface area contributed by atoms with Crippen molar-refractivity contribution in [3.8, 4) is 0 Å². The second-order valence-corrected chi connectivity index (χ2v) is 7.16. The maximum absolute atomic E-state index is 12.9. The fourth-order valence-corrected chi connectivity index (χ4v) is 3.93. The minimum atomic E-state index is 0.0471. The van der Waals surface area contributed by atoms with Gasteiger partial charge in [-0.05, 0) is 37.8 Å². The lowest BCUT2D eigenvalue weighted by Crippen LogP contribution is -2.51. The highest BCUT2D eigenvalue weighted by atomic mass is 16.2. The van der Waals surface area contributed by atoms with Crippen molar-refractivity contribution in [1.82, 2.24) is 14.8 Å². The minimum Gasteiger partial charge on any atom is -0.355 e. The summed E-state index contributed by atoms with van der Waals surface area (Å²) >= 11 is 0. The maximum Gasteiger partial charge on any atom is 0.225 e. The number of rotatable bonds is 3. The molecule has 1 aromatic heterocycles. The lowest BCUT2D eigenvalue weighted by atomic mass is 9.94. The average molecular weight is 344 g/mol. The van der Waals surface area contributed by atoms with Gasteiger partial charge in [0, 0.05) is 58.3 Å². The van der Waals surface area contributed by atoms with E-state index in [0.29, 0.717) is 13.1 Å². The molecule has 0 saturated carbocycles. The number of aromatic nitrogens is 1. The zero-order valence-corrected chi connectivity index (χ0v) is 15.2. The van der Waals surface area contributed by atoms with Gasteiger partial charge in [0.1, 0.15) is 5.82 Å². The van der Waals surface area contributed by atoms with Crippen LogP contribution in [0.5, 0.6) is 0 Å². The van der Waals surface area contributed by atoms with Gasteiger partial charge in [-0.3, -0.25) is 9.59 Å². The first-order valence-corrected chi connectivity index (χ1v) is 9.24. The highest BCUT2D eigenvalue weighted by Gasteiger charge is 2.32. The molecule has 2 amide bonds. The molecule has 1 atom stereocenters. The van der Waals surface area contributed by atoms with Gasteiger partial charge in [-0.1, -0.05) is 6.07 Å². The Morgan fingerprint density at radius 2 is 1.92 bits per heavy atom. The molecule has 0 radical (unpaired) electrons. The summed E-state index contributed by atoms with van der Waals surface area (Å²) in [4.78, 5) is 34.9. The third-order valence-corrected chi connectivity index (χ3v) is 5.55. The number of hydrogen-bond donors (Lipinski definition) is 0. The van der Waals surface area contributed by atoms with Crippen molar-refractivity contribution >= 4 is 17.6 Å². The number of hydrogen-bond acceptors (Lipinski definition) is 4. The van der Waals surface area contributed by atoms with Crippen LogP contribution in [0.4, 0.5) is 5.82 Å². The van der Waals surface area contributed by atoms with Crippen LogP contribution < -0.4 is 4.90 Å². The van der Waals surface area contributed by atoms with Crippen molar-refractivity contribution in [2.24, 2.45) is 5.92 Å². The van der Waals surface area contributed by atoms with Crippen LogP contribution in [0, 0.1) is 5.92 Å². The Labute approximate surface area is 149 Å². The predicted octanol–water partition coefficient (Wildman–Crippen LogP) is 1.77. The largest absolute Gasteiger partial charge is 0.355 e. The Bertz CT molecular complexity index is 599. The van der Waals surface area contributed by atoms with E-state index in [1.165, 1.54) is 0 Å². The lowest BCUT2D eigenvalue weighted by Gasteiger charge is -2.40. The number of anilines is 1. The van der Waals surface area contributed by atoms with E-state index < -0.39 is 0 Å². The fraction of sp³-hybridized carbons (Fsp3) is 0.632. The van der Waals surface area contributed by atoms with Crippen LogP contribution in [-0.4, -0.2) is 65.9 Å². The van der Waals surface area contributed by atoms with Crippen LogP contribution in [0.15, 0.2) is 24.4 Å². The first-order chi connectivity index (χ1) is 12.1. The van der Waals surface area contributed by atoms with Crippen LogP contribution in [-0.2, 0) is 9.59 Å². The van der Waals surface area contributed by atoms with Crippen LogP contribution in [0.2, 0.25) is 0 Å². The molecule has 3 heterocycles. The molecule has 0 aliphatic carbocycles. The van der Waals surface area contributed by atoms with Crippen LogP contribution in [0.25, 0.3) is 0 Å². The van der Waals surface area contributed by atoms with Crippen molar-refractivity contribution in [2.45, 2.75) is 38.6 Å². The zero-order valence-electron chi connectivity index (χ0n) is 15.2. The number of pyridine rings is 1. The molecule has 0 N–H and O–H groups in total. The summed E-state index contributed by atoms with van der Waals surface area (Å²) in [6, 6.07) is 6.19. The van der Waals surface area contributed by atoms with E-state index in [-0.39, 0.29) is 23.8 Å². The van der Waals surface area contributed by atoms with Gasteiger partial charge in [0.15, 0.2) is 0 Å². The topological polar surface area (TPSA) is 56.8 Å². The molecule has 0 aromatic carbocycles. The normalized spacial score (nSPS) is 21.9. The molecule has 2 fully saturated rings. The maximum atomic E-state index is 12.9. The van der Waals surface area contributed by atoms with Gasteiger partial charge < -0.3 is 14.7 Å². The number of carbonyl (C=O) groups excluding carboxylic acids is 2. The molecule has 2 saturated heterocycles. The van der Waals surface area contributed by atoms with Gasteiger partial charge in [0.05, 0.1) is 0 Å². The molecular formula is C19H28N4O2. The Morgan fingerprint density at radius 3 is 2.56 bits per heavy atom. The zero-order chi connectivity index (χ0) is 17.8. The number of piperidine rings is 2. The Balaban J connectivity index is 1.58. The van der Waals surface area contributed by atoms with Crippen molar-refractivity contribution < 1.29 is 9.59 Å². The molecule has 2 aliphatic heterocycles. The van der Waals surface area contributed by atoms with Gasteiger partial charge in [-0.2, -0.15) is 0 Å². The summed E-state index contributed by atoms with van der Waals surface area (Å²) in [6.45, 7) is 4.83. The standard InChI is InChI=1S/C19H28N4O2/c1-15(24)22-12-8-16(9-13-22)19(25)21(2)17-6-5-11-23(14-17)18-7-3-4-10-20-18/h3-4,7,10,16-17H,5-6,8-9,11-14H2,1-2H3/t17-/m1/s1. The third-order valence-electron chi connectivity index (χ3n) is 5.55. The van der Waals surface area contributed by atoms with E-state index in [2.05, 4.69) is 9.88 Å². The summed E-state index contributed by atoms with van der Waals surface area (Å²) in [5.41, 5.74) is 0. The van der Waals surface area contributed by atoms with Crippen molar-refractivity contribution in [3.63, 3.8) is 0 Å². The van der Waals surface area contributed by atoms with Crippen molar-refractivity contribution in [1.29, 1.82) is 0 Å². The summed E-state index contributed by atoms with van der Waals surface area (Å²) in [7, 11) is 1.94. The van der Waals surface area contributed by atoms with Gasteiger partial charge in [0.2, 0.25) is 11.8 Å². The molecule has 0 unspecified atom stereocenters. The average Bonchev–Trinajstić information content (AvgIpc) is 2.67. The molecule has 0 bridgehead atoms. The Hall–Kier alpha value is -2.11. The second-order valence-electron chi connectivity index (χ2n) is 7.16. The van der Waals surface area contributed by atoms with E-state index in [9.17, 15) is 9.59 Å². The molecular weight excluding hydrogens is 316 g/mol. The number of amides is 2. The van der Waals surface area contributed by atoms with Gasteiger partial charge in [0.25, 0.3) is 0 Å². The third kappa shape index (κ3) is 4.11. The highest BCUT2D eigenvalue weighted by Crippen LogP contribution is 2.24. The van der Waals surface area contributed by atoms with E-state index in [0.717, 1.165) is 44.6 Å². The highest BCUT2D eigenvalue weighted by molar-refractivity contribution is 5.80. The molecule has 6 nitrogen and oxygen atoms in total. The van der Waals surface area contributed by atoms with E-state index >= 15 is 0 Å². The second kappa shape index (κ2) is 7.85. The lowest BCUT2D eigenvalue weighted by molar-refractivity contribution is -0.140. The molecule has 1 aromatic rings. The quantitative estimate of drug-likeness (QED) is 0.838. The first kappa shape index (κ1) is 17.7. The van der Waals surface area contributed by atoms with Crippen molar-refractivity contribution in [2.75, 3.05) is 38.1 Å². The van der Waals surface area contributed by atoms with Gasteiger partial charge in [-0.15, -0.1) is 0 Å². The summed E-state index contributed by atoms with van der Waals surface area (Å²) in [6.07, 6.45) is 5.48. The van der Waals surface area contributed by atoms with Crippen molar-refractivity contribution in [3.05, 3.63) is 24.4 Å². The van der Waals surface area contributed by atoms with Gasteiger partial charge >= 0.3 is 0 Å². The molecule has 25 heavy (non-hydrogen) atoms. The number of likely N-dealkylation sites (N-methyl/N-ethyl adjacent to an activating group) is 1.